The molecule has 0 saturated carbocycles. The van der Waals surface area contributed by atoms with Crippen LogP contribution in [0.4, 0.5) is 0 Å². The van der Waals surface area contributed by atoms with Crippen LogP contribution in [0.3, 0.4) is 0 Å². The van der Waals surface area contributed by atoms with E-state index in [0.29, 0.717) is 0 Å². The molecule has 7 heteroatoms. The zero-order chi connectivity index (χ0) is 12.9. The van der Waals surface area contributed by atoms with E-state index in [-0.39, 0.29) is 11.5 Å². The summed E-state index contributed by atoms with van der Waals surface area (Å²) < 4.78 is 43.7. The van der Waals surface area contributed by atoms with Crippen LogP contribution in [0.2, 0.25) is 0 Å². The van der Waals surface area contributed by atoms with Crippen molar-refractivity contribution in [2.24, 2.45) is 0 Å². The van der Waals surface area contributed by atoms with Crippen molar-refractivity contribution in [3.05, 3.63) is 29.8 Å². The van der Waals surface area contributed by atoms with Gasteiger partial charge in [0, 0.05) is 0 Å². The molecule has 0 heterocycles. The van der Waals surface area contributed by atoms with E-state index >= 15 is 0 Å². The van der Waals surface area contributed by atoms with E-state index < -0.39 is 24.5 Å². The average molecular weight is 277 g/mol. The van der Waals surface area contributed by atoms with Gasteiger partial charge in [-0.05, 0) is 30.5 Å². The van der Waals surface area contributed by atoms with Gasteiger partial charge in [-0.1, -0.05) is 17.7 Å². The highest BCUT2D eigenvalue weighted by Gasteiger charge is 2.24. The predicted molar refractivity (Wildman–Crippen MR) is 63.5 cm³/mol. The maximum Gasteiger partial charge on any atom is 0.538 e. The maximum atomic E-state index is 11.6. The molecule has 0 aliphatic rings. The third-order valence-corrected chi connectivity index (χ3v) is 4.23. The molecule has 0 bridgehead atoms. The van der Waals surface area contributed by atoms with Crippen molar-refractivity contribution in [3.63, 3.8) is 0 Å². The van der Waals surface area contributed by atoms with Crippen LogP contribution in [0, 0.1) is 6.92 Å². The molecule has 0 amide bonds. The fourth-order valence-electron chi connectivity index (χ4n) is 1.07. The molecule has 1 aromatic carbocycles. The Kier molecular flexibility index (Phi) is 5.21. The van der Waals surface area contributed by atoms with E-state index in [9.17, 15) is 13.0 Å². The van der Waals surface area contributed by atoms with Crippen LogP contribution >= 0.6 is 8.03 Å². The second-order valence-electron chi connectivity index (χ2n) is 3.26. The predicted octanol–water partition coefficient (Wildman–Crippen LogP) is 2.44. The van der Waals surface area contributed by atoms with Gasteiger partial charge >= 0.3 is 18.1 Å². The lowest BCUT2D eigenvalue weighted by molar-refractivity contribution is 0.310. The molecule has 1 aromatic rings. The number of rotatable bonds is 6. The van der Waals surface area contributed by atoms with Crippen LogP contribution in [0.1, 0.15) is 12.5 Å². The Hall–Kier alpha value is -0.810. The molecule has 0 saturated heterocycles. The Bertz CT molecular complexity index is 480. The van der Waals surface area contributed by atoms with Crippen LogP contribution < -0.4 is 0 Å². The highest BCUT2D eigenvalue weighted by molar-refractivity contribution is 7.87. The molecule has 1 atom stereocenters. The lowest BCUT2D eigenvalue weighted by Crippen LogP contribution is -2.06. The molecule has 17 heavy (non-hydrogen) atoms. The summed E-state index contributed by atoms with van der Waals surface area (Å²) in [5.41, 5.74) is 0.948. The van der Waals surface area contributed by atoms with Crippen molar-refractivity contribution in [1.29, 1.82) is 0 Å². The molecule has 0 radical (unpaired) electrons. The van der Waals surface area contributed by atoms with Gasteiger partial charge in [0.05, 0.1) is 11.5 Å². The number of hydrogen-bond donors (Lipinski definition) is 0. The molecule has 5 nitrogen and oxygen atoms in total. The SMILES string of the molecule is CCO[P+](=O)COS(=O)(=O)c1ccc(C)cc1. The largest absolute Gasteiger partial charge is 0.538 e. The fraction of sp³-hybridized carbons (Fsp3) is 0.400. The van der Waals surface area contributed by atoms with Gasteiger partial charge < -0.3 is 0 Å². The van der Waals surface area contributed by atoms with Crippen LogP contribution in [-0.4, -0.2) is 21.4 Å². The lowest BCUT2D eigenvalue weighted by Gasteiger charge is -2.01. The number of benzene rings is 1. The molecular weight excluding hydrogens is 263 g/mol. The van der Waals surface area contributed by atoms with Gasteiger partial charge in [-0.15, -0.1) is 4.52 Å². The van der Waals surface area contributed by atoms with E-state index in [2.05, 4.69) is 4.18 Å². The first kappa shape index (κ1) is 14.3. The Balaban J connectivity index is 2.69. The van der Waals surface area contributed by atoms with Crippen LogP contribution in [0.25, 0.3) is 0 Å². The van der Waals surface area contributed by atoms with E-state index in [0.717, 1.165) is 5.56 Å². The lowest BCUT2D eigenvalue weighted by atomic mass is 10.2. The Morgan fingerprint density at radius 2 is 1.82 bits per heavy atom. The molecule has 1 rings (SSSR count). The minimum absolute atomic E-state index is 0.0444. The molecular formula is C10H14O5PS+. The van der Waals surface area contributed by atoms with Crippen molar-refractivity contribution in [3.8, 4) is 0 Å². The summed E-state index contributed by atoms with van der Waals surface area (Å²) in [5.74, 6) is 0. The van der Waals surface area contributed by atoms with Crippen molar-refractivity contribution < 1.29 is 21.7 Å². The van der Waals surface area contributed by atoms with Gasteiger partial charge in [0.2, 0.25) is 0 Å². The number of hydrogen-bond acceptors (Lipinski definition) is 5. The second kappa shape index (κ2) is 6.21. The highest BCUT2D eigenvalue weighted by Crippen LogP contribution is 2.24. The highest BCUT2D eigenvalue weighted by atomic mass is 32.2. The minimum Gasteiger partial charge on any atom is -0.213 e. The third kappa shape index (κ3) is 4.52. The summed E-state index contributed by atoms with van der Waals surface area (Å²) in [6, 6.07) is 6.22. The van der Waals surface area contributed by atoms with Gasteiger partial charge in [-0.3, -0.25) is 0 Å². The molecule has 0 aliphatic heterocycles. The first-order valence-electron chi connectivity index (χ1n) is 4.99. The van der Waals surface area contributed by atoms with Crippen molar-refractivity contribution in [1.82, 2.24) is 0 Å². The van der Waals surface area contributed by atoms with Crippen molar-refractivity contribution in [2.75, 3.05) is 13.0 Å². The van der Waals surface area contributed by atoms with E-state index in [4.69, 9.17) is 4.52 Å². The summed E-state index contributed by atoms with van der Waals surface area (Å²) in [4.78, 5) is 0.0444. The van der Waals surface area contributed by atoms with Crippen LogP contribution in [-0.2, 0) is 23.4 Å². The van der Waals surface area contributed by atoms with Crippen LogP contribution in [0.5, 0.6) is 0 Å². The van der Waals surface area contributed by atoms with Gasteiger partial charge in [-0.2, -0.15) is 8.42 Å². The first-order valence-corrected chi connectivity index (χ1v) is 7.76. The molecule has 0 spiro atoms. The standard InChI is InChI=1S/C10H14O5PS/c1-3-14-16(11)8-15-17(12,13)10-6-4-9(2)5-7-10/h4-7H,3,8H2,1-2H3/q+1. The van der Waals surface area contributed by atoms with Gasteiger partial charge in [0.25, 0.3) is 6.35 Å². The summed E-state index contributed by atoms with van der Waals surface area (Å²) in [7, 11) is -5.95. The van der Waals surface area contributed by atoms with Gasteiger partial charge in [0.1, 0.15) is 0 Å². The van der Waals surface area contributed by atoms with Crippen molar-refractivity contribution >= 4 is 18.1 Å². The maximum absolute atomic E-state index is 11.6. The van der Waals surface area contributed by atoms with E-state index in [1.165, 1.54) is 12.1 Å². The Morgan fingerprint density at radius 3 is 2.35 bits per heavy atom. The quantitative estimate of drug-likeness (QED) is 0.590. The molecule has 0 aliphatic carbocycles. The zero-order valence-electron chi connectivity index (χ0n) is 9.62. The Morgan fingerprint density at radius 1 is 1.24 bits per heavy atom. The molecule has 0 fully saturated rings. The fourth-order valence-corrected chi connectivity index (χ4v) is 2.93. The molecule has 94 valence electrons. The molecule has 0 N–H and O–H groups in total. The van der Waals surface area contributed by atoms with E-state index in [1.54, 1.807) is 19.1 Å². The summed E-state index contributed by atoms with van der Waals surface area (Å²) in [6.07, 6.45) is -0.459. The average Bonchev–Trinajstić information content (AvgIpc) is 2.28. The van der Waals surface area contributed by atoms with Crippen molar-refractivity contribution in [2.45, 2.75) is 18.7 Å². The van der Waals surface area contributed by atoms with Crippen LogP contribution in [0.15, 0.2) is 29.2 Å². The first-order chi connectivity index (χ1) is 7.95. The molecule has 0 aromatic heterocycles. The summed E-state index contributed by atoms with van der Waals surface area (Å²) >= 11 is 0. The molecule has 1 unspecified atom stereocenters. The van der Waals surface area contributed by atoms with Gasteiger partial charge in [0.15, 0.2) is 0 Å². The topological polar surface area (TPSA) is 69.7 Å². The monoisotopic (exact) mass is 277 g/mol. The smallest absolute Gasteiger partial charge is 0.213 e. The number of aryl methyl sites for hydroxylation is 1. The van der Waals surface area contributed by atoms with E-state index in [1.807, 2.05) is 6.92 Å². The second-order valence-corrected chi connectivity index (χ2v) is 6.06. The van der Waals surface area contributed by atoms with Gasteiger partial charge in [-0.25, -0.2) is 4.18 Å². The summed E-state index contributed by atoms with van der Waals surface area (Å²) in [6.45, 7) is 3.77. The summed E-state index contributed by atoms with van der Waals surface area (Å²) in [5, 5.41) is 0. The normalized spacial score (nSPS) is 12.5. The zero-order valence-corrected chi connectivity index (χ0v) is 11.3. The third-order valence-electron chi connectivity index (χ3n) is 1.90. The Labute approximate surface area is 102 Å². The minimum atomic E-state index is -3.85.